The fraction of sp³-hybridized carbons (Fsp3) is 0.111. The zero-order valence-corrected chi connectivity index (χ0v) is 13.8. The minimum absolute atomic E-state index is 0.894. The zero-order valence-electron chi connectivity index (χ0n) is 12.9. The fourth-order valence-electron chi connectivity index (χ4n) is 2.67. The lowest BCUT2D eigenvalue weighted by Gasteiger charge is -2.04. The lowest BCUT2D eigenvalue weighted by atomic mass is 10.3. The number of hydrogen-bond donors (Lipinski definition) is 1. The van der Waals surface area contributed by atoms with Gasteiger partial charge >= 0.3 is 0 Å². The maximum Gasteiger partial charge on any atom is 0.171 e. The molecule has 0 bridgehead atoms. The van der Waals surface area contributed by atoms with Gasteiger partial charge in [0, 0.05) is 0 Å². The number of fused-ring (bicyclic) bond motifs is 1. The maximum absolute atomic E-state index is 4.68. The highest BCUT2D eigenvalue weighted by molar-refractivity contribution is 7.99. The second-order valence-electron chi connectivity index (χ2n) is 5.41. The van der Waals surface area contributed by atoms with Crippen molar-refractivity contribution in [2.75, 3.05) is 0 Å². The molecule has 4 aromatic rings. The summed E-state index contributed by atoms with van der Waals surface area (Å²) in [6.07, 6.45) is 0. The third kappa shape index (κ3) is 2.53. The fourth-order valence-corrected chi connectivity index (χ4v) is 3.59. The summed E-state index contributed by atoms with van der Waals surface area (Å²) in [6, 6.07) is 18.3. The van der Waals surface area contributed by atoms with E-state index in [9.17, 15) is 0 Å². The molecule has 0 saturated carbocycles. The number of nitrogens with one attached hydrogen (secondary N) is 1. The molecule has 1 N–H and O–H groups in total. The van der Waals surface area contributed by atoms with Gasteiger partial charge in [0.2, 0.25) is 0 Å². The summed E-state index contributed by atoms with van der Waals surface area (Å²) in [5.74, 6) is 0. The van der Waals surface area contributed by atoms with Crippen molar-refractivity contribution in [1.82, 2.24) is 19.7 Å². The van der Waals surface area contributed by atoms with Crippen LogP contribution in [-0.2, 0) is 0 Å². The van der Waals surface area contributed by atoms with Gasteiger partial charge in [0.25, 0.3) is 0 Å². The quantitative estimate of drug-likeness (QED) is 0.604. The Morgan fingerprint density at radius 3 is 2.48 bits per heavy atom. The molecule has 4 rings (SSSR count). The van der Waals surface area contributed by atoms with Crippen LogP contribution in [0.3, 0.4) is 0 Å². The van der Waals surface area contributed by atoms with E-state index in [0.29, 0.717) is 0 Å². The van der Waals surface area contributed by atoms with Crippen molar-refractivity contribution in [3.05, 3.63) is 66.0 Å². The summed E-state index contributed by atoms with van der Waals surface area (Å²) in [4.78, 5) is 9.15. The average Bonchev–Trinajstić information content (AvgIpc) is 3.11. The van der Waals surface area contributed by atoms with E-state index < -0.39 is 0 Å². The summed E-state index contributed by atoms with van der Waals surface area (Å²) in [7, 11) is 0. The third-order valence-electron chi connectivity index (χ3n) is 3.79. The predicted molar refractivity (Wildman–Crippen MR) is 93.3 cm³/mol. The molecular weight excluding hydrogens is 304 g/mol. The van der Waals surface area contributed by atoms with Crippen molar-refractivity contribution >= 4 is 22.8 Å². The van der Waals surface area contributed by atoms with Crippen LogP contribution in [0.1, 0.15) is 11.4 Å². The van der Waals surface area contributed by atoms with Crippen LogP contribution in [0.25, 0.3) is 16.7 Å². The maximum atomic E-state index is 4.68. The number of benzene rings is 2. The first kappa shape index (κ1) is 14.1. The molecule has 0 spiro atoms. The van der Waals surface area contributed by atoms with Crippen LogP contribution in [0.5, 0.6) is 0 Å². The smallest absolute Gasteiger partial charge is 0.171 e. The molecule has 2 heterocycles. The Morgan fingerprint density at radius 1 is 0.957 bits per heavy atom. The van der Waals surface area contributed by atoms with Gasteiger partial charge in [-0.05, 0) is 49.9 Å². The van der Waals surface area contributed by atoms with Crippen LogP contribution in [0.2, 0.25) is 0 Å². The van der Waals surface area contributed by atoms with Crippen molar-refractivity contribution in [3.8, 4) is 5.69 Å². The molecule has 0 radical (unpaired) electrons. The van der Waals surface area contributed by atoms with E-state index >= 15 is 0 Å². The Hall–Kier alpha value is -2.53. The van der Waals surface area contributed by atoms with Gasteiger partial charge in [0.1, 0.15) is 0 Å². The monoisotopic (exact) mass is 320 g/mol. The summed E-state index contributed by atoms with van der Waals surface area (Å²) in [6.45, 7) is 4.13. The number of H-pyrrole nitrogens is 1. The standard InChI is InChI=1S/C18H16N4S/c1-12-17(13(2)22(21-12)14-8-4-3-5-9-14)23-18-19-15-10-6-7-11-16(15)20-18/h3-11H,1-2H3,(H,19,20). The van der Waals surface area contributed by atoms with E-state index in [1.807, 2.05) is 54.1 Å². The Morgan fingerprint density at radius 2 is 1.70 bits per heavy atom. The van der Waals surface area contributed by atoms with Crippen molar-refractivity contribution < 1.29 is 0 Å². The Labute approximate surface area is 138 Å². The van der Waals surface area contributed by atoms with Crippen LogP contribution in [-0.4, -0.2) is 19.7 Å². The van der Waals surface area contributed by atoms with Gasteiger partial charge in [-0.1, -0.05) is 30.3 Å². The molecule has 4 nitrogen and oxygen atoms in total. The first-order valence-corrected chi connectivity index (χ1v) is 8.28. The van der Waals surface area contributed by atoms with Crippen LogP contribution >= 0.6 is 11.8 Å². The van der Waals surface area contributed by atoms with E-state index in [-0.39, 0.29) is 0 Å². The highest BCUT2D eigenvalue weighted by Gasteiger charge is 2.15. The van der Waals surface area contributed by atoms with Gasteiger partial charge in [-0.15, -0.1) is 0 Å². The average molecular weight is 320 g/mol. The molecule has 0 aliphatic carbocycles. The summed E-state index contributed by atoms with van der Waals surface area (Å²) >= 11 is 1.63. The van der Waals surface area contributed by atoms with Crippen LogP contribution in [0.4, 0.5) is 0 Å². The molecule has 0 aliphatic heterocycles. The Balaban J connectivity index is 1.73. The molecule has 0 saturated heterocycles. The van der Waals surface area contributed by atoms with Gasteiger partial charge in [-0.3, -0.25) is 0 Å². The number of aryl methyl sites for hydroxylation is 1. The number of aromatic amines is 1. The Bertz CT molecular complexity index is 936. The van der Waals surface area contributed by atoms with Gasteiger partial charge < -0.3 is 4.98 Å². The molecule has 23 heavy (non-hydrogen) atoms. The lowest BCUT2D eigenvalue weighted by Crippen LogP contribution is -1.98. The largest absolute Gasteiger partial charge is 0.333 e. The molecule has 5 heteroatoms. The molecule has 2 aromatic heterocycles. The predicted octanol–water partition coefficient (Wildman–Crippen LogP) is 4.52. The zero-order chi connectivity index (χ0) is 15.8. The van der Waals surface area contributed by atoms with Gasteiger partial charge in [-0.25, -0.2) is 9.67 Å². The van der Waals surface area contributed by atoms with Gasteiger partial charge in [-0.2, -0.15) is 5.10 Å². The van der Waals surface area contributed by atoms with Crippen molar-refractivity contribution in [2.45, 2.75) is 23.9 Å². The van der Waals surface area contributed by atoms with Crippen LogP contribution in [0, 0.1) is 13.8 Å². The normalized spacial score (nSPS) is 11.2. The molecule has 0 fully saturated rings. The number of nitrogens with zero attached hydrogens (tertiary/aromatic N) is 3. The van der Waals surface area contributed by atoms with Crippen molar-refractivity contribution in [2.24, 2.45) is 0 Å². The summed E-state index contributed by atoms with van der Waals surface area (Å²) in [5.41, 5.74) is 5.25. The van der Waals surface area contributed by atoms with Crippen molar-refractivity contribution in [1.29, 1.82) is 0 Å². The third-order valence-corrected chi connectivity index (χ3v) is 4.97. The second-order valence-corrected chi connectivity index (χ2v) is 6.41. The van der Waals surface area contributed by atoms with E-state index in [4.69, 9.17) is 0 Å². The molecule has 2 aromatic carbocycles. The highest BCUT2D eigenvalue weighted by Crippen LogP contribution is 2.33. The SMILES string of the molecule is Cc1nn(-c2ccccc2)c(C)c1Sc1nc2ccccc2[nH]1. The molecule has 114 valence electrons. The molecule has 0 atom stereocenters. The number of hydrogen-bond acceptors (Lipinski definition) is 3. The first-order valence-electron chi connectivity index (χ1n) is 7.46. The number of imidazole rings is 1. The molecule has 0 unspecified atom stereocenters. The minimum atomic E-state index is 0.894. The van der Waals surface area contributed by atoms with E-state index in [1.165, 1.54) is 0 Å². The second kappa shape index (κ2) is 5.59. The lowest BCUT2D eigenvalue weighted by molar-refractivity contribution is 0.832. The molecule has 0 amide bonds. The summed E-state index contributed by atoms with van der Waals surface area (Å²) in [5, 5.41) is 5.58. The molecule has 0 aliphatic rings. The Kier molecular flexibility index (Phi) is 3.42. The first-order chi connectivity index (χ1) is 11.2. The number of para-hydroxylation sites is 3. The minimum Gasteiger partial charge on any atom is -0.333 e. The van der Waals surface area contributed by atoms with Gasteiger partial charge in [0.05, 0.1) is 33.0 Å². The van der Waals surface area contributed by atoms with Crippen LogP contribution in [0.15, 0.2) is 64.6 Å². The summed E-state index contributed by atoms with van der Waals surface area (Å²) < 4.78 is 1.99. The van der Waals surface area contributed by atoms with E-state index in [0.717, 1.165) is 38.2 Å². The van der Waals surface area contributed by atoms with E-state index in [2.05, 4.69) is 34.1 Å². The van der Waals surface area contributed by atoms with E-state index in [1.54, 1.807) is 11.8 Å². The molecular formula is C18H16N4S. The highest BCUT2D eigenvalue weighted by atomic mass is 32.2. The van der Waals surface area contributed by atoms with Crippen molar-refractivity contribution in [3.63, 3.8) is 0 Å². The topological polar surface area (TPSA) is 46.5 Å². The number of aromatic nitrogens is 4. The van der Waals surface area contributed by atoms with Crippen LogP contribution < -0.4 is 0 Å². The number of rotatable bonds is 3. The van der Waals surface area contributed by atoms with Gasteiger partial charge in [0.15, 0.2) is 5.16 Å².